The van der Waals surface area contributed by atoms with Crippen molar-refractivity contribution in [3.63, 3.8) is 0 Å². The SMILES string of the molecule is CNc1cnnc(-c2ccc(OC)c(F)c2)n1. The molecule has 88 valence electrons. The number of hydrogen-bond acceptors (Lipinski definition) is 5. The van der Waals surface area contributed by atoms with Crippen molar-refractivity contribution in [2.75, 3.05) is 19.5 Å². The molecule has 0 aliphatic rings. The number of nitrogens with zero attached hydrogens (tertiary/aromatic N) is 3. The highest BCUT2D eigenvalue weighted by atomic mass is 19.1. The molecule has 0 aliphatic heterocycles. The summed E-state index contributed by atoms with van der Waals surface area (Å²) >= 11 is 0. The van der Waals surface area contributed by atoms with Gasteiger partial charge >= 0.3 is 0 Å². The Bertz CT molecular complexity index is 533. The Morgan fingerprint density at radius 2 is 2.18 bits per heavy atom. The van der Waals surface area contributed by atoms with Crippen molar-refractivity contribution in [1.29, 1.82) is 0 Å². The Hall–Kier alpha value is -2.24. The third-order valence-electron chi connectivity index (χ3n) is 2.22. The first-order valence-electron chi connectivity index (χ1n) is 4.96. The summed E-state index contributed by atoms with van der Waals surface area (Å²) in [6.07, 6.45) is 1.49. The average Bonchev–Trinajstić information content (AvgIpc) is 2.38. The Morgan fingerprint density at radius 1 is 1.35 bits per heavy atom. The smallest absolute Gasteiger partial charge is 0.183 e. The van der Waals surface area contributed by atoms with Crippen molar-refractivity contribution >= 4 is 5.82 Å². The lowest BCUT2D eigenvalue weighted by molar-refractivity contribution is 0.386. The van der Waals surface area contributed by atoms with Crippen LogP contribution >= 0.6 is 0 Å². The van der Waals surface area contributed by atoms with E-state index in [4.69, 9.17) is 4.74 Å². The van der Waals surface area contributed by atoms with E-state index < -0.39 is 5.82 Å². The molecule has 17 heavy (non-hydrogen) atoms. The maximum absolute atomic E-state index is 13.5. The van der Waals surface area contributed by atoms with Gasteiger partial charge in [-0.1, -0.05) is 0 Å². The van der Waals surface area contributed by atoms with E-state index in [1.807, 2.05) is 0 Å². The number of hydrogen-bond donors (Lipinski definition) is 1. The molecule has 0 unspecified atom stereocenters. The molecule has 0 aliphatic carbocycles. The number of methoxy groups -OCH3 is 1. The largest absolute Gasteiger partial charge is 0.494 e. The van der Waals surface area contributed by atoms with E-state index in [-0.39, 0.29) is 5.75 Å². The monoisotopic (exact) mass is 234 g/mol. The van der Waals surface area contributed by atoms with Crippen LogP contribution in [-0.2, 0) is 0 Å². The number of halogens is 1. The normalized spacial score (nSPS) is 10.1. The van der Waals surface area contributed by atoms with Gasteiger partial charge in [0.05, 0.1) is 13.3 Å². The molecule has 1 N–H and O–H groups in total. The van der Waals surface area contributed by atoms with Gasteiger partial charge in [-0.25, -0.2) is 9.37 Å². The molecule has 0 atom stereocenters. The van der Waals surface area contributed by atoms with Crippen molar-refractivity contribution in [1.82, 2.24) is 15.2 Å². The van der Waals surface area contributed by atoms with E-state index in [0.29, 0.717) is 17.2 Å². The summed E-state index contributed by atoms with van der Waals surface area (Å²) in [5.41, 5.74) is 0.549. The fourth-order valence-electron chi connectivity index (χ4n) is 1.35. The average molecular weight is 234 g/mol. The molecule has 1 heterocycles. The van der Waals surface area contributed by atoms with E-state index in [9.17, 15) is 4.39 Å². The molecule has 1 aromatic carbocycles. The van der Waals surface area contributed by atoms with Gasteiger partial charge in [-0.3, -0.25) is 0 Å². The van der Waals surface area contributed by atoms with E-state index in [0.717, 1.165) is 0 Å². The second kappa shape index (κ2) is 4.73. The molecular formula is C11H11FN4O. The minimum absolute atomic E-state index is 0.187. The van der Waals surface area contributed by atoms with Crippen molar-refractivity contribution < 1.29 is 9.13 Å². The number of aromatic nitrogens is 3. The lowest BCUT2D eigenvalue weighted by Gasteiger charge is -2.04. The molecule has 0 saturated heterocycles. The minimum atomic E-state index is -0.455. The summed E-state index contributed by atoms with van der Waals surface area (Å²) < 4.78 is 18.3. The number of ether oxygens (including phenoxy) is 1. The summed E-state index contributed by atoms with van der Waals surface area (Å²) in [6.45, 7) is 0. The molecule has 1 aromatic heterocycles. The van der Waals surface area contributed by atoms with Crippen LogP contribution in [0.25, 0.3) is 11.4 Å². The predicted molar refractivity (Wildman–Crippen MR) is 61.3 cm³/mol. The summed E-state index contributed by atoms with van der Waals surface area (Å²) in [5.74, 6) is 0.666. The number of anilines is 1. The molecule has 2 rings (SSSR count). The standard InChI is InChI=1S/C11H11FN4O/c1-13-10-6-14-16-11(15-10)7-3-4-9(17-2)8(12)5-7/h3-6H,1-2H3,(H,13,15,16). The summed E-state index contributed by atoms with van der Waals surface area (Å²) in [7, 11) is 3.14. The molecule has 0 bridgehead atoms. The Labute approximate surface area is 97.7 Å². The van der Waals surface area contributed by atoms with Crippen molar-refractivity contribution in [2.45, 2.75) is 0 Å². The predicted octanol–water partition coefficient (Wildman–Crippen LogP) is 1.73. The maximum atomic E-state index is 13.5. The highest BCUT2D eigenvalue weighted by Crippen LogP contribution is 2.23. The van der Waals surface area contributed by atoms with Gasteiger partial charge in [-0.15, -0.1) is 5.10 Å². The molecular weight excluding hydrogens is 223 g/mol. The zero-order chi connectivity index (χ0) is 12.3. The lowest BCUT2D eigenvalue weighted by Crippen LogP contribution is -1.99. The van der Waals surface area contributed by atoms with Crippen LogP contribution in [0.2, 0.25) is 0 Å². The highest BCUT2D eigenvalue weighted by molar-refractivity contribution is 5.57. The Kier molecular flexibility index (Phi) is 3.13. The lowest BCUT2D eigenvalue weighted by atomic mass is 10.2. The molecule has 0 spiro atoms. The Balaban J connectivity index is 2.42. The fraction of sp³-hybridized carbons (Fsp3) is 0.182. The van der Waals surface area contributed by atoms with Crippen LogP contribution < -0.4 is 10.1 Å². The molecule has 6 heteroatoms. The second-order valence-corrected chi connectivity index (χ2v) is 3.26. The van der Waals surface area contributed by atoms with Gasteiger partial charge in [0, 0.05) is 12.6 Å². The minimum Gasteiger partial charge on any atom is -0.494 e. The third kappa shape index (κ3) is 2.30. The van der Waals surface area contributed by atoms with E-state index in [1.54, 1.807) is 13.1 Å². The molecule has 2 aromatic rings. The molecule has 0 fully saturated rings. The van der Waals surface area contributed by atoms with Gasteiger partial charge in [-0.05, 0) is 18.2 Å². The quantitative estimate of drug-likeness (QED) is 0.876. The van der Waals surface area contributed by atoms with Crippen LogP contribution in [0.1, 0.15) is 0 Å². The van der Waals surface area contributed by atoms with Gasteiger partial charge in [0.1, 0.15) is 5.82 Å². The third-order valence-corrected chi connectivity index (χ3v) is 2.22. The molecule has 0 amide bonds. The van der Waals surface area contributed by atoms with Gasteiger partial charge in [0.25, 0.3) is 0 Å². The Morgan fingerprint density at radius 3 is 2.82 bits per heavy atom. The highest BCUT2D eigenvalue weighted by Gasteiger charge is 2.08. The van der Waals surface area contributed by atoms with Gasteiger partial charge in [0.2, 0.25) is 0 Å². The molecule has 0 saturated carbocycles. The van der Waals surface area contributed by atoms with Gasteiger partial charge in [0.15, 0.2) is 17.4 Å². The van der Waals surface area contributed by atoms with Crippen molar-refractivity contribution in [3.05, 3.63) is 30.2 Å². The number of benzene rings is 1. The summed E-state index contributed by atoms with van der Waals surface area (Å²) in [5, 5.41) is 10.5. The second-order valence-electron chi connectivity index (χ2n) is 3.26. The number of rotatable bonds is 3. The van der Waals surface area contributed by atoms with E-state index >= 15 is 0 Å². The first kappa shape index (κ1) is 11.3. The van der Waals surface area contributed by atoms with Crippen LogP contribution in [0.15, 0.2) is 24.4 Å². The van der Waals surface area contributed by atoms with Crippen molar-refractivity contribution in [2.24, 2.45) is 0 Å². The van der Waals surface area contributed by atoms with Crippen LogP contribution in [0, 0.1) is 5.82 Å². The summed E-state index contributed by atoms with van der Waals surface area (Å²) in [6, 6.07) is 4.52. The topological polar surface area (TPSA) is 59.9 Å². The van der Waals surface area contributed by atoms with Crippen LogP contribution in [0.5, 0.6) is 5.75 Å². The zero-order valence-corrected chi connectivity index (χ0v) is 9.44. The zero-order valence-electron chi connectivity index (χ0n) is 9.44. The molecule has 0 radical (unpaired) electrons. The van der Waals surface area contributed by atoms with E-state index in [1.165, 1.54) is 25.4 Å². The van der Waals surface area contributed by atoms with Crippen LogP contribution in [-0.4, -0.2) is 29.3 Å². The number of nitrogens with one attached hydrogen (secondary N) is 1. The van der Waals surface area contributed by atoms with Crippen molar-refractivity contribution in [3.8, 4) is 17.1 Å². The van der Waals surface area contributed by atoms with Crippen LogP contribution in [0.3, 0.4) is 0 Å². The van der Waals surface area contributed by atoms with Crippen LogP contribution in [0.4, 0.5) is 10.2 Å². The van der Waals surface area contributed by atoms with Gasteiger partial charge in [-0.2, -0.15) is 5.10 Å². The molecule has 5 nitrogen and oxygen atoms in total. The first-order valence-corrected chi connectivity index (χ1v) is 4.96. The fourth-order valence-corrected chi connectivity index (χ4v) is 1.35. The van der Waals surface area contributed by atoms with E-state index in [2.05, 4.69) is 20.5 Å². The van der Waals surface area contributed by atoms with Gasteiger partial charge < -0.3 is 10.1 Å². The summed E-state index contributed by atoms with van der Waals surface area (Å²) in [4.78, 5) is 4.17. The maximum Gasteiger partial charge on any atom is 0.183 e. The first-order chi connectivity index (χ1) is 8.24.